The fourth-order valence-electron chi connectivity index (χ4n) is 5.07. The summed E-state index contributed by atoms with van der Waals surface area (Å²) in [7, 11) is 0. The minimum atomic E-state index is 0.273. The van der Waals surface area contributed by atoms with E-state index in [2.05, 4.69) is 26.0 Å². The third kappa shape index (κ3) is 11.4. The van der Waals surface area contributed by atoms with Crippen LogP contribution in [0.1, 0.15) is 142 Å². The summed E-state index contributed by atoms with van der Waals surface area (Å²) in [5.74, 6) is 0. The highest BCUT2D eigenvalue weighted by atomic mass is 16.5. The van der Waals surface area contributed by atoms with Gasteiger partial charge in [0.1, 0.15) is 0 Å². The van der Waals surface area contributed by atoms with E-state index in [4.69, 9.17) is 4.74 Å². The number of hydrogen-bond acceptors (Lipinski definition) is 1. The average Bonchev–Trinajstić information content (AvgIpc) is 2.68. The zero-order valence-corrected chi connectivity index (χ0v) is 19.9. The fraction of sp³-hybridized carbons (Fsp3) is 0.857. The molecule has 0 fully saturated rings. The second-order valence-electron chi connectivity index (χ2n) is 9.71. The molecule has 2 unspecified atom stereocenters. The summed E-state index contributed by atoms with van der Waals surface area (Å²) >= 11 is 0. The Hall–Kier alpha value is -0.560. The molecule has 29 heavy (non-hydrogen) atoms. The van der Waals surface area contributed by atoms with Gasteiger partial charge in [0.25, 0.3) is 0 Å². The molecule has 0 saturated heterocycles. The molecule has 2 atom stereocenters. The zero-order valence-electron chi connectivity index (χ0n) is 19.9. The van der Waals surface area contributed by atoms with Gasteiger partial charge in [-0.2, -0.15) is 0 Å². The lowest BCUT2D eigenvalue weighted by molar-refractivity contribution is 0.0450. The Kier molecular flexibility index (Phi) is 13.8. The van der Waals surface area contributed by atoms with Crippen molar-refractivity contribution in [3.05, 3.63) is 23.3 Å². The third-order valence-corrected chi connectivity index (χ3v) is 7.10. The Bertz CT molecular complexity index is 419. The minimum Gasteiger partial charge on any atom is -0.367 e. The second-order valence-corrected chi connectivity index (χ2v) is 9.71. The molecular formula is C28H50O. The van der Waals surface area contributed by atoms with Crippen molar-refractivity contribution in [2.45, 2.75) is 154 Å². The highest BCUT2D eigenvalue weighted by molar-refractivity contribution is 5.11. The molecule has 2 rings (SSSR count). The van der Waals surface area contributed by atoms with Gasteiger partial charge in [-0.15, -0.1) is 0 Å². The van der Waals surface area contributed by atoms with E-state index in [-0.39, 0.29) is 12.2 Å². The summed E-state index contributed by atoms with van der Waals surface area (Å²) in [6, 6.07) is 0. The largest absolute Gasteiger partial charge is 0.367 e. The first-order valence-corrected chi connectivity index (χ1v) is 13.3. The quantitative estimate of drug-likeness (QED) is 0.425. The molecular weight excluding hydrogens is 352 g/mol. The van der Waals surface area contributed by atoms with Crippen molar-refractivity contribution in [2.75, 3.05) is 0 Å². The minimum absolute atomic E-state index is 0.273. The number of allylic oxidation sites excluding steroid dienone is 2. The van der Waals surface area contributed by atoms with Crippen LogP contribution in [0.15, 0.2) is 23.3 Å². The zero-order chi connectivity index (χ0) is 20.6. The van der Waals surface area contributed by atoms with Crippen LogP contribution in [0.2, 0.25) is 0 Å². The lowest BCUT2D eigenvalue weighted by Gasteiger charge is -2.25. The van der Waals surface area contributed by atoms with Crippen molar-refractivity contribution >= 4 is 0 Å². The van der Waals surface area contributed by atoms with Crippen LogP contribution in [-0.2, 0) is 4.74 Å². The predicted molar refractivity (Wildman–Crippen MR) is 129 cm³/mol. The van der Waals surface area contributed by atoms with Gasteiger partial charge in [-0.05, 0) is 76.4 Å². The summed E-state index contributed by atoms with van der Waals surface area (Å²) in [5, 5.41) is 0. The van der Waals surface area contributed by atoms with Crippen LogP contribution in [-0.4, -0.2) is 12.2 Å². The van der Waals surface area contributed by atoms with Crippen molar-refractivity contribution in [2.24, 2.45) is 0 Å². The van der Waals surface area contributed by atoms with Gasteiger partial charge in [0.05, 0.1) is 12.2 Å². The van der Waals surface area contributed by atoms with Gasteiger partial charge in [0.2, 0.25) is 0 Å². The van der Waals surface area contributed by atoms with E-state index in [9.17, 15) is 0 Å². The fourth-order valence-corrected chi connectivity index (χ4v) is 5.07. The molecule has 2 aliphatic carbocycles. The molecule has 168 valence electrons. The topological polar surface area (TPSA) is 9.23 Å². The molecule has 0 N–H and O–H groups in total. The SMILES string of the molecule is CC(OC(C)C1=CCCCCCCCCCC1)C1=CCCCCCCCCCC1. The van der Waals surface area contributed by atoms with E-state index in [1.807, 2.05) is 0 Å². The lowest BCUT2D eigenvalue weighted by atomic mass is 9.96. The molecule has 0 heterocycles. The first kappa shape index (κ1) is 24.7. The van der Waals surface area contributed by atoms with Crippen LogP contribution in [0.5, 0.6) is 0 Å². The maximum atomic E-state index is 6.64. The molecule has 0 aromatic heterocycles. The summed E-state index contributed by atoms with van der Waals surface area (Å²) in [5.41, 5.74) is 3.15. The van der Waals surface area contributed by atoms with E-state index in [1.54, 1.807) is 11.1 Å². The van der Waals surface area contributed by atoms with E-state index in [0.29, 0.717) is 0 Å². The normalized spacial score (nSPS) is 24.5. The van der Waals surface area contributed by atoms with Gasteiger partial charge < -0.3 is 4.74 Å². The smallest absolute Gasteiger partial charge is 0.0764 e. The summed E-state index contributed by atoms with van der Waals surface area (Å²) in [6.07, 6.45) is 33.1. The van der Waals surface area contributed by atoms with Crippen molar-refractivity contribution in [1.29, 1.82) is 0 Å². The molecule has 0 aromatic rings. The summed E-state index contributed by atoms with van der Waals surface area (Å²) in [6.45, 7) is 4.62. The van der Waals surface area contributed by atoms with Gasteiger partial charge in [-0.25, -0.2) is 0 Å². The highest BCUT2D eigenvalue weighted by Crippen LogP contribution is 2.25. The summed E-state index contributed by atoms with van der Waals surface area (Å²) < 4.78 is 6.64. The van der Waals surface area contributed by atoms with Crippen molar-refractivity contribution in [3.8, 4) is 0 Å². The number of ether oxygens (including phenoxy) is 1. The van der Waals surface area contributed by atoms with Crippen LogP contribution in [0.4, 0.5) is 0 Å². The standard InChI is InChI=1S/C28H50O/c1-25(27-21-17-13-9-5-3-6-10-14-18-22-27)29-26(2)28-23-19-15-11-7-4-8-12-16-20-24-28/h21,23,25-26H,3-20,22,24H2,1-2H3. The molecule has 0 aromatic carbocycles. The molecule has 1 heteroatoms. The molecule has 0 spiro atoms. The van der Waals surface area contributed by atoms with Gasteiger partial charge in [0.15, 0.2) is 0 Å². The van der Waals surface area contributed by atoms with E-state index >= 15 is 0 Å². The lowest BCUT2D eigenvalue weighted by Crippen LogP contribution is -2.21. The molecule has 0 saturated carbocycles. The highest BCUT2D eigenvalue weighted by Gasteiger charge is 2.16. The van der Waals surface area contributed by atoms with E-state index < -0.39 is 0 Å². The average molecular weight is 403 g/mol. The second kappa shape index (κ2) is 16.2. The Balaban J connectivity index is 1.90. The van der Waals surface area contributed by atoms with Crippen LogP contribution in [0.25, 0.3) is 0 Å². The first-order valence-electron chi connectivity index (χ1n) is 13.3. The predicted octanol–water partition coefficient (Wildman–Crippen LogP) is 9.46. The Morgan fingerprint density at radius 3 is 1.17 bits per heavy atom. The molecule has 0 bridgehead atoms. The van der Waals surface area contributed by atoms with Crippen molar-refractivity contribution < 1.29 is 4.74 Å². The van der Waals surface area contributed by atoms with Crippen LogP contribution < -0.4 is 0 Å². The van der Waals surface area contributed by atoms with Crippen LogP contribution in [0.3, 0.4) is 0 Å². The molecule has 0 amide bonds. The van der Waals surface area contributed by atoms with Gasteiger partial charge in [-0.1, -0.05) is 89.2 Å². The maximum absolute atomic E-state index is 6.64. The van der Waals surface area contributed by atoms with Crippen LogP contribution >= 0.6 is 0 Å². The molecule has 0 aliphatic heterocycles. The Labute approximate surface area is 182 Å². The van der Waals surface area contributed by atoms with Gasteiger partial charge in [-0.3, -0.25) is 0 Å². The van der Waals surface area contributed by atoms with E-state index in [1.165, 1.54) is 128 Å². The Morgan fingerprint density at radius 2 is 0.793 bits per heavy atom. The van der Waals surface area contributed by atoms with Crippen LogP contribution in [0, 0.1) is 0 Å². The van der Waals surface area contributed by atoms with Crippen molar-refractivity contribution in [3.63, 3.8) is 0 Å². The van der Waals surface area contributed by atoms with Crippen molar-refractivity contribution in [1.82, 2.24) is 0 Å². The van der Waals surface area contributed by atoms with E-state index in [0.717, 1.165) is 0 Å². The third-order valence-electron chi connectivity index (χ3n) is 7.10. The molecule has 0 radical (unpaired) electrons. The number of rotatable bonds is 4. The summed E-state index contributed by atoms with van der Waals surface area (Å²) in [4.78, 5) is 0. The Morgan fingerprint density at radius 1 is 0.483 bits per heavy atom. The monoisotopic (exact) mass is 402 g/mol. The molecule has 2 aliphatic rings. The molecule has 1 nitrogen and oxygen atoms in total. The van der Waals surface area contributed by atoms with Gasteiger partial charge >= 0.3 is 0 Å². The first-order chi connectivity index (χ1) is 14.3. The van der Waals surface area contributed by atoms with Gasteiger partial charge in [0, 0.05) is 0 Å². The maximum Gasteiger partial charge on any atom is 0.0764 e. The number of hydrogen-bond donors (Lipinski definition) is 0.